The third kappa shape index (κ3) is 2.44. The van der Waals surface area contributed by atoms with Crippen LogP contribution in [0.25, 0.3) is 16.6 Å². The lowest BCUT2D eigenvalue weighted by atomic mass is 10.1. The van der Waals surface area contributed by atoms with Crippen LogP contribution in [-0.4, -0.2) is 25.4 Å². The molecular weight excluding hydrogens is 298 g/mol. The van der Waals surface area contributed by atoms with Gasteiger partial charge in [0.25, 0.3) is 0 Å². The third-order valence-corrected chi connectivity index (χ3v) is 4.79. The zero-order valence-electron chi connectivity index (χ0n) is 12.3. The van der Waals surface area contributed by atoms with Crippen molar-refractivity contribution < 1.29 is 13.2 Å². The number of aldehydes is 1. The van der Waals surface area contributed by atoms with E-state index in [-0.39, 0.29) is 4.90 Å². The van der Waals surface area contributed by atoms with Gasteiger partial charge in [0.05, 0.1) is 10.6 Å². The van der Waals surface area contributed by atoms with E-state index in [4.69, 9.17) is 0 Å². The summed E-state index contributed by atoms with van der Waals surface area (Å²) >= 11 is 0. The van der Waals surface area contributed by atoms with Gasteiger partial charge in [-0.1, -0.05) is 18.2 Å². The van der Waals surface area contributed by atoms with Gasteiger partial charge in [0, 0.05) is 23.5 Å². The van der Waals surface area contributed by atoms with E-state index in [0.29, 0.717) is 5.69 Å². The first kappa shape index (κ1) is 14.5. The van der Waals surface area contributed by atoms with E-state index < -0.39 is 9.84 Å². The molecule has 0 aliphatic heterocycles. The first-order valence-corrected chi connectivity index (χ1v) is 8.66. The Hall–Kier alpha value is -2.40. The van der Waals surface area contributed by atoms with E-state index in [0.717, 1.165) is 28.5 Å². The fraction of sp³-hybridized carbons (Fsp3) is 0.118. The SMILES string of the molecule is Cc1ccc2cc(-c3ccc(S(C)(=O)=O)cc3)c(C=O)n2c1. The average molecular weight is 313 g/mol. The number of aryl methyl sites for hydroxylation is 1. The smallest absolute Gasteiger partial charge is 0.175 e. The van der Waals surface area contributed by atoms with E-state index in [2.05, 4.69) is 0 Å². The number of carbonyl (C=O) groups excluding carboxylic acids is 1. The summed E-state index contributed by atoms with van der Waals surface area (Å²) in [5.41, 5.74) is 4.15. The van der Waals surface area contributed by atoms with Crippen LogP contribution in [-0.2, 0) is 9.84 Å². The molecule has 4 nitrogen and oxygen atoms in total. The lowest BCUT2D eigenvalue weighted by Crippen LogP contribution is -1.96. The molecule has 1 aromatic carbocycles. The maximum Gasteiger partial charge on any atom is 0.175 e. The lowest BCUT2D eigenvalue weighted by molar-refractivity contribution is 0.111. The van der Waals surface area contributed by atoms with Gasteiger partial charge in [-0.25, -0.2) is 8.42 Å². The normalized spacial score (nSPS) is 11.7. The van der Waals surface area contributed by atoms with Gasteiger partial charge in [-0.05, 0) is 42.3 Å². The monoisotopic (exact) mass is 313 g/mol. The number of aromatic nitrogens is 1. The summed E-state index contributed by atoms with van der Waals surface area (Å²) in [6.45, 7) is 1.97. The van der Waals surface area contributed by atoms with Gasteiger partial charge >= 0.3 is 0 Å². The molecule has 112 valence electrons. The molecule has 2 aromatic heterocycles. The topological polar surface area (TPSA) is 55.6 Å². The summed E-state index contributed by atoms with van der Waals surface area (Å²) in [6.07, 6.45) is 3.91. The summed E-state index contributed by atoms with van der Waals surface area (Å²) in [4.78, 5) is 11.8. The highest BCUT2D eigenvalue weighted by molar-refractivity contribution is 7.90. The fourth-order valence-corrected chi connectivity index (χ4v) is 3.16. The van der Waals surface area contributed by atoms with E-state index in [1.54, 1.807) is 24.3 Å². The maximum atomic E-state index is 11.5. The van der Waals surface area contributed by atoms with Crippen molar-refractivity contribution in [2.24, 2.45) is 0 Å². The quantitative estimate of drug-likeness (QED) is 0.698. The van der Waals surface area contributed by atoms with Crippen molar-refractivity contribution in [3.05, 3.63) is 59.9 Å². The van der Waals surface area contributed by atoms with Crippen molar-refractivity contribution in [2.75, 3.05) is 6.26 Å². The largest absolute Gasteiger partial charge is 0.313 e. The van der Waals surface area contributed by atoms with Crippen LogP contribution in [0.3, 0.4) is 0 Å². The number of rotatable bonds is 3. The number of fused-ring (bicyclic) bond motifs is 1. The Kier molecular flexibility index (Phi) is 3.37. The van der Waals surface area contributed by atoms with Crippen molar-refractivity contribution in [1.82, 2.24) is 4.40 Å². The lowest BCUT2D eigenvalue weighted by Gasteiger charge is -2.03. The Bertz CT molecular complexity index is 967. The molecule has 3 aromatic rings. The maximum absolute atomic E-state index is 11.5. The average Bonchev–Trinajstić information content (AvgIpc) is 2.84. The molecule has 5 heteroatoms. The van der Waals surface area contributed by atoms with Crippen molar-refractivity contribution in [3.8, 4) is 11.1 Å². The van der Waals surface area contributed by atoms with Crippen LogP contribution in [0.5, 0.6) is 0 Å². The second-order valence-corrected chi connectivity index (χ2v) is 7.37. The van der Waals surface area contributed by atoms with Crippen molar-refractivity contribution in [3.63, 3.8) is 0 Å². The highest BCUT2D eigenvalue weighted by Gasteiger charge is 2.13. The van der Waals surface area contributed by atoms with Crippen molar-refractivity contribution >= 4 is 21.6 Å². The van der Waals surface area contributed by atoms with Gasteiger partial charge in [-0.3, -0.25) is 4.79 Å². The van der Waals surface area contributed by atoms with Crippen LogP contribution in [0.1, 0.15) is 16.1 Å². The van der Waals surface area contributed by atoms with Crippen LogP contribution in [0.2, 0.25) is 0 Å². The molecule has 0 spiro atoms. The summed E-state index contributed by atoms with van der Waals surface area (Å²) in [7, 11) is -3.22. The first-order chi connectivity index (χ1) is 10.4. The number of carbonyl (C=O) groups is 1. The third-order valence-electron chi connectivity index (χ3n) is 3.66. The molecule has 22 heavy (non-hydrogen) atoms. The first-order valence-electron chi connectivity index (χ1n) is 6.77. The summed E-state index contributed by atoms with van der Waals surface area (Å²) < 4.78 is 24.9. The Balaban J connectivity index is 2.19. The molecule has 0 unspecified atom stereocenters. The zero-order valence-corrected chi connectivity index (χ0v) is 13.1. The van der Waals surface area contributed by atoms with Crippen molar-refractivity contribution in [1.29, 1.82) is 0 Å². The van der Waals surface area contributed by atoms with Gasteiger partial charge in [0.2, 0.25) is 0 Å². The summed E-state index contributed by atoms with van der Waals surface area (Å²) in [6, 6.07) is 12.4. The summed E-state index contributed by atoms with van der Waals surface area (Å²) in [5.74, 6) is 0. The summed E-state index contributed by atoms with van der Waals surface area (Å²) in [5, 5.41) is 0. The number of sulfone groups is 1. The molecule has 0 radical (unpaired) electrons. The van der Waals surface area contributed by atoms with Crippen LogP contribution >= 0.6 is 0 Å². The Morgan fingerprint density at radius 1 is 1.05 bits per heavy atom. The minimum Gasteiger partial charge on any atom is -0.313 e. The molecule has 0 N–H and O–H groups in total. The highest BCUT2D eigenvalue weighted by Crippen LogP contribution is 2.28. The van der Waals surface area contributed by atoms with Gasteiger partial charge in [-0.2, -0.15) is 0 Å². The molecule has 3 rings (SSSR count). The van der Waals surface area contributed by atoms with Gasteiger partial charge in [0.1, 0.15) is 0 Å². The van der Waals surface area contributed by atoms with Gasteiger partial charge in [-0.15, -0.1) is 0 Å². The molecular formula is C17H15NO3S. The number of benzene rings is 1. The van der Waals surface area contributed by atoms with Gasteiger partial charge < -0.3 is 4.40 Å². The molecule has 0 fully saturated rings. The second kappa shape index (κ2) is 5.10. The number of pyridine rings is 1. The molecule has 0 amide bonds. The molecule has 0 saturated carbocycles. The fourth-order valence-electron chi connectivity index (χ4n) is 2.53. The number of nitrogens with zero attached hydrogens (tertiary/aromatic N) is 1. The number of hydrogen-bond acceptors (Lipinski definition) is 3. The van der Waals surface area contributed by atoms with Crippen LogP contribution < -0.4 is 0 Å². The molecule has 2 heterocycles. The van der Waals surface area contributed by atoms with Crippen LogP contribution in [0, 0.1) is 6.92 Å². The highest BCUT2D eigenvalue weighted by atomic mass is 32.2. The Morgan fingerprint density at radius 3 is 2.32 bits per heavy atom. The molecule has 0 saturated heterocycles. The van der Waals surface area contributed by atoms with Crippen LogP contribution in [0.4, 0.5) is 0 Å². The Labute approximate surface area is 128 Å². The standard InChI is InChI=1S/C17H15NO3S/c1-12-3-6-14-9-16(17(11-19)18(14)10-12)13-4-7-15(8-5-13)22(2,20)21/h3-11H,1-2H3. The molecule has 0 aliphatic carbocycles. The van der Waals surface area contributed by atoms with Crippen molar-refractivity contribution in [2.45, 2.75) is 11.8 Å². The molecule has 0 bridgehead atoms. The predicted molar refractivity (Wildman–Crippen MR) is 86.1 cm³/mol. The molecule has 0 aliphatic rings. The zero-order chi connectivity index (χ0) is 15.9. The van der Waals surface area contributed by atoms with E-state index in [9.17, 15) is 13.2 Å². The predicted octanol–water partition coefficient (Wildman–Crippen LogP) is 3.13. The second-order valence-electron chi connectivity index (χ2n) is 5.36. The van der Waals surface area contributed by atoms with Gasteiger partial charge in [0.15, 0.2) is 16.1 Å². The Morgan fingerprint density at radius 2 is 1.73 bits per heavy atom. The minimum absolute atomic E-state index is 0.267. The number of hydrogen-bond donors (Lipinski definition) is 0. The van der Waals surface area contributed by atoms with E-state index in [1.807, 2.05) is 35.7 Å². The minimum atomic E-state index is -3.22. The molecule has 0 atom stereocenters. The van der Waals surface area contributed by atoms with E-state index in [1.165, 1.54) is 6.26 Å². The van der Waals surface area contributed by atoms with E-state index >= 15 is 0 Å². The van der Waals surface area contributed by atoms with Crippen LogP contribution in [0.15, 0.2) is 53.6 Å².